The Morgan fingerprint density at radius 2 is 2.10 bits per heavy atom. The Labute approximate surface area is 119 Å². The minimum absolute atomic E-state index is 0.0302. The molecule has 1 saturated heterocycles. The summed E-state index contributed by atoms with van der Waals surface area (Å²) in [4.78, 5) is 24.9. The first-order valence-corrected chi connectivity index (χ1v) is 6.79. The van der Waals surface area contributed by atoms with Gasteiger partial charge in [0.1, 0.15) is 0 Å². The summed E-state index contributed by atoms with van der Waals surface area (Å²) in [5, 5.41) is 13.4. The molecule has 0 aromatic heterocycles. The van der Waals surface area contributed by atoms with E-state index in [0.29, 0.717) is 13.2 Å². The van der Waals surface area contributed by atoms with Crippen LogP contribution in [-0.4, -0.2) is 67.4 Å². The Morgan fingerprint density at radius 3 is 2.70 bits per heavy atom. The van der Waals surface area contributed by atoms with Gasteiger partial charge in [0.25, 0.3) is 0 Å². The second-order valence-corrected chi connectivity index (χ2v) is 4.62. The van der Waals surface area contributed by atoms with Crippen molar-refractivity contribution in [3.8, 4) is 0 Å². The smallest absolute Gasteiger partial charge is 0.321 e. The highest BCUT2D eigenvalue weighted by Gasteiger charge is 2.21. The predicted molar refractivity (Wildman–Crippen MR) is 74.2 cm³/mol. The number of hydrogen-bond acceptors (Lipinski definition) is 5. The summed E-state index contributed by atoms with van der Waals surface area (Å²) in [6, 6.07) is -0.504. The molecule has 1 fully saturated rings. The second kappa shape index (κ2) is 9.46. The molecule has 0 aliphatic carbocycles. The molecule has 114 valence electrons. The molecule has 0 aromatic carbocycles. The SMILES string of the molecule is C=CCNC(=O)NC(=O)CN1CCC(OCCO)CC1. The molecule has 0 bridgehead atoms. The van der Waals surface area contributed by atoms with Gasteiger partial charge in [-0.3, -0.25) is 15.0 Å². The molecule has 1 rings (SSSR count). The number of rotatable bonds is 7. The molecule has 3 amide bonds. The number of carbonyl (C=O) groups is 2. The number of hydrogen-bond donors (Lipinski definition) is 3. The number of aliphatic hydroxyl groups excluding tert-OH is 1. The number of imide groups is 1. The zero-order valence-corrected chi connectivity index (χ0v) is 11.6. The van der Waals surface area contributed by atoms with Crippen molar-refractivity contribution in [1.82, 2.24) is 15.5 Å². The normalized spacial score (nSPS) is 16.6. The van der Waals surface area contributed by atoms with Crippen molar-refractivity contribution in [2.45, 2.75) is 18.9 Å². The highest BCUT2D eigenvalue weighted by Crippen LogP contribution is 2.12. The molecule has 20 heavy (non-hydrogen) atoms. The zero-order valence-electron chi connectivity index (χ0n) is 11.6. The van der Waals surface area contributed by atoms with Crippen LogP contribution in [0.1, 0.15) is 12.8 Å². The second-order valence-electron chi connectivity index (χ2n) is 4.62. The number of likely N-dealkylation sites (tertiary alicyclic amines) is 1. The van der Waals surface area contributed by atoms with Gasteiger partial charge in [-0.2, -0.15) is 0 Å². The van der Waals surface area contributed by atoms with E-state index in [1.807, 2.05) is 4.90 Å². The minimum Gasteiger partial charge on any atom is -0.394 e. The third-order valence-electron chi connectivity index (χ3n) is 3.01. The van der Waals surface area contributed by atoms with Crippen molar-refractivity contribution >= 4 is 11.9 Å². The average Bonchev–Trinajstić information content (AvgIpc) is 2.44. The van der Waals surface area contributed by atoms with Gasteiger partial charge < -0.3 is 15.2 Å². The van der Waals surface area contributed by atoms with Crippen molar-refractivity contribution in [3.05, 3.63) is 12.7 Å². The molecular formula is C13H23N3O4. The van der Waals surface area contributed by atoms with Gasteiger partial charge in [-0.05, 0) is 12.8 Å². The number of piperidine rings is 1. The molecule has 7 nitrogen and oxygen atoms in total. The van der Waals surface area contributed by atoms with E-state index >= 15 is 0 Å². The van der Waals surface area contributed by atoms with E-state index in [9.17, 15) is 9.59 Å². The lowest BCUT2D eigenvalue weighted by atomic mass is 10.1. The van der Waals surface area contributed by atoms with E-state index in [4.69, 9.17) is 9.84 Å². The lowest BCUT2D eigenvalue weighted by Gasteiger charge is -2.31. The molecule has 7 heteroatoms. The first-order valence-electron chi connectivity index (χ1n) is 6.79. The molecule has 0 saturated carbocycles. The molecule has 0 radical (unpaired) electrons. The van der Waals surface area contributed by atoms with Gasteiger partial charge in [-0.1, -0.05) is 6.08 Å². The van der Waals surface area contributed by atoms with E-state index in [0.717, 1.165) is 25.9 Å². The van der Waals surface area contributed by atoms with Crippen LogP contribution in [0.4, 0.5) is 4.79 Å². The van der Waals surface area contributed by atoms with Gasteiger partial charge in [0, 0.05) is 19.6 Å². The van der Waals surface area contributed by atoms with Gasteiger partial charge in [-0.25, -0.2) is 4.79 Å². The Morgan fingerprint density at radius 1 is 1.40 bits per heavy atom. The summed E-state index contributed by atoms with van der Waals surface area (Å²) in [6.45, 7) is 5.88. The number of carbonyl (C=O) groups excluding carboxylic acids is 2. The average molecular weight is 285 g/mol. The van der Waals surface area contributed by atoms with Gasteiger partial charge in [-0.15, -0.1) is 6.58 Å². The highest BCUT2D eigenvalue weighted by molar-refractivity contribution is 5.95. The number of amides is 3. The Kier molecular flexibility index (Phi) is 7.86. The summed E-state index contributed by atoms with van der Waals surface area (Å²) in [7, 11) is 0. The van der Waals surface area contributed by atoms with Crippen LogP contribution in [0.2, 0.25) is 0 Å². The third kappa shape index (κ3) is 6.65. The third-order valence-corrected chi connectivity index (χ3v) is 3.01. The van der Waals surface area contributed by atoms with E-state index in [2.05, 4.69) is 17.2 Å². The van der Waals surface area contributed by atoms with Gasteiger partial charge >= 0.3 is 6.03 Å². The van der Waals surface area contributed by atoms with E-state index < -0.39 is 6.03 Å². The summed E-state index contributed by atoms with van der Waals surface area (Å²) in [6.07, 6.45) is 3.35. The maximum Gasteiger partial charge on any atom is 0.321 e. The van der Waals surface area contributed by atoms with Crippen LogP contribution in [0.5, 0.6) is 0 Å². The first-order chi connectivity index (χ1) is 9.65. The molecule has 0 aromatic rings. The number of nitrogens with one attached hydrogen (secondary N) is 2. The molecule has 1 aliphatic rings. The predicted octanol–water partition coefficient (Wildman–Crippen LogP) is -0.528. The first kappa shape index (κ1) is 16.6. The van der Waals surface area contributed by atoms with E-state index in [1.54, 1.807) is 6.08 Å². The lowest BCUT2D eigenvalue weighted by molar-refractivity contribution is -0.121. The summed E-state index contributed by atoms with van der Waals surface area (Å²) >= 11 is 0. The fourth-order valence-electron chi connectivity index (χ4n) is 2.03. The van der Waals surface area contributed by atoms with Crippen LogP contribution in [0.15, 0.2) is 12.7 Å². The Bertz CT molecular complexity index is 328. The Balaban J connectivity index is 2.17. The molecule has 1 heterocycles. The van der Waals surface area contributed by atoms with Gasteiger partial charge in [0.15, 0.2) is 0 Å². The van der Waals surface area contributed by atoms with Gasteiger partial charge in [0.2, 0.25) is 5.91 Å². The van der Waals surface area contributed by atoms with Crippen LogP contribution in [0.3, 0.4) is 0 Å². The van der Waals surface area contributed by atoms with Crippen LogP contribution in [0.25, 0.3) is 0 Å². The van der Waals surface area contributed by atoms with E-state index in [-0.39, 0.29) is 25.2 Å². The summed E-state index contributed by atoms with van der Waals surface area (Å²) < 4.78 is 5.44. The molecule has 3 N–H and O–H groups in total. The van der Waals surface area contributed by atoms with Crippen LogP contribution in [0, 0.1) is 0 Å². The quantitative estimate of drug-likeness (QED) is 0.547. The fraction of sp³-hybridized carbons (Fsp3) is 0.692. The minimum atomic E-state index is -0.504. The molecule has 1 aliphatic heterocycles. The standard InChI is InChI=1S/C13H23N3O4/c1-2-5-14-13(19)15-12(18)10-16-6-3-11(4-7-16)20-9-8-17/h2,11,17H,1,3-10H2,(H2,14,15,18,19). The summed E-state index contributed by atoms with van der Waals surface area (Å²) in [5.41, 5.74) is 0. The maximum absolute atomic E-state index is 11.6. The number of nitrogens with zero attached hydrogens (tertiary/aromatic N) is 1. The molecule has 0 atom stereocenters. The number of urea groups is 1. The largest absolute Gasteiger partial charge is 0.394 e. The van der Waals surface area contributed by atoms with Crippen molar-refractivity contribution in [1.29, 1.82) is 0 Å². The van der Waals surface area contributed by atoms with Crippen LogP contribution < -0.4 is 10.6 Å². The number of ether oxygens (including phenoxy) is 1. The zero-order chi connectivity index (χ0) is 14.8. The van der Waals surface area contributed by atoms with Gasteiger partial charge in [0.05, 0.1) is 25.9 Å². The molecule has 0 unspecified atom stereocenters. The lowest BCUT2D eigenvalue weighted by Crippen LogP contribution is -2.47. The number of aliphatic hydroxyl groups is 1. The van der Waals surface area contributed by atoms with Crippen molar-refractivity contribution in [3.63, 3.8) is 0 Å². The van der Waals surface area contributed by atoms with Crippen molar-refractivity contribution in [2.75, 3.05) is 39.4 Å². The highest BCUT2D eigenvalue weighted by atomic mass is 16.5. The van der Waals surface area contributed by atoms with Crippen LogP contribution in [-0.2, 0) is 9.53 Å². The van der Waals surface area contributed by atoms with Crippen LogP contribution >= 0.6 is 0 Å². The monoisotopic (exact) mass is 285 g/mol. The Hall–Kier alpha value is -1.44. The molecular weight excluding hydrogens is 262 g/mol. The van der Waals surface area contributed by atoms with Crippen molar-refractivity contribution in [2.24, 2.45) is 0 Å². The topological polar surface area (TPSA) is 90.9 Å². The maximum atomic E-state index is 11.6. The summed E-state index contributed by atoms with van der Waals surface area (Å²) in [5.74, 6) is -0.318. The fourth-order valence-corrected chi connectivity index (χ4v) is 2.03. The van der Waals surface area contributed by atoms with Crippen molar-refractivity contribution < 1.29 is 19.4 Å². The molecule has 0 spiro atoms. The van der Waals surface area contributed by atoms with E-state index in [1.165, 1.54) is 0 Å².